The van der Waals surface area contributed by atoms with Crippen LogP contribution in [0.1, 0.15) is 47.5 Å². The summed E-state index contributed by atoms with van der Waals surface area (Å²) in [6.45, 7) is 15.3. The third kappa shape index (κ3) is 5.87. The summed E-state index contributed by atoms with van der Waals surface area (Å²) in [6, 6.07) is 0.466. The van der Waals surface area contributed by atoms with Gasteiger partial charge in [-0.2, -0.15) is 0 Å². The van der Waals surface area contributed by atoms with Gasteiger partial charge >= 0.3 is 5.97 Å². The quantitative estimate of drug-likeness (QED) is 0.371. The standard InChI is InChI=1S/C14H27NO2/c1-7-9-15(13(8-2)11(3)4)10-17-14(16)12(5)6/h11,13H,5,7-10H2,1-4,6H3. The van der Waals surface area contributed by atoms with E-state index in [1.807, 2.05) is 0 Å². The first-order valence-corrected chi connectivity index (χ1v) is 6.50. The molecule has 0 spiro atoms. The maximum Gasteiger partial charge on any atom is 0.334 e. The maximum absolute atomic E-state index is 11.4. The highest BCUT2D eigenvalue weighted by Gasteiger charge is 2.20. The van der Waals surface area contributed by atoms with E-state index in [-0.39, 0.29) is 5.97 Å². The van der Waals surface area contributed by atoms with E-state index in [4.69, 9.17) is 4.74 Å². The number of esters is 1. The fourth-order valence-electron chi connectivity index (χ4n) is 2.03. The van der Waals surface area contributed by atoms with Crippen molar-refractivity contribution >= 4 is 5.97 Å². The van der Waals surface area contributed by atoms with Crippen LogP contribution in [-0.2, 0) is 9.53 Å². The molecular weight excluding hydrogens is 214 g/mol. The Morgan fingerprint density at radius 1 is 1.35 bits per heavy atom. The first kappa shape index (κ1) is 16.2. The van der Waals surface area contributed by atoms with Crippen LogP contribution in [0.5, 0.6) is 0 Å². The molecule has 3 heteroatoms. The second-order valence-electron chi connectivity index (χ2n) is 4.87. The lowest BCUT2D eigenvalue weighted by Gasteiger charge is -2.32. The van der Waals surface area contributed by atoms with Crippen molar-refractivity contribution in [3.63, 3.8) is 0 Å². The average Bonchev–Trinajstić information content (AvgIpc) is 2.25. The molecule has 0 rings (SSSR count). The minimum Gasteiger partial charge on any atom is -0.446 e. The third-order valence-corrected chi connectivity index (χ3v) is 2.88. The van der Waals surface area contributed by atoms with Gasteiger partial charge in [0.1, 0.15) is 6.73 Å². The Morgan fingerprint density at radius 2 is 1.94 bits per heavy atom. The Kier molecular flexibility index (Phi) is 7.88. The molecule has 0 aliphatic heterocycles. The van der Waals surface area contributed by atoms with Crippen molar-refractivity contribution in [2.24, 2.45) is 5.92 Å². The molecule has 100 valence electrons. The highest BCUT2D eigenvalue weighted by atomic mass is 16.5. The first-order valence-electron chi connectivity index (χ1n) is 6.50. The molecule has 0 heterocycles. The van der Waals surface area contributed by atoms with Gasteiger partial charge in [-0.05, 0) is 25.7 Å². The van der Waals surface area contributed by atoms with Crippen molar-refractivity contribution in [2.45, 2.75) is 53.5 Å². The van der Waals surface area contributed by atoms with Crippen molar-refractivity contribution in [3.05, 3.63) is 12.2 Å². The van der Waals surface area contributed by atoms with Crippen LogP contribution in [0.2, 0.25) is 0 Å². The molecule has 0 saturated heterocycles. The summed E-state index contributed by atoms with van der Waals surface area (Å²) >= 11 is 0. The molecule has 0 aromatic rings. The molecule has 0 aliphatic carbocycles. The van der Waals surface area contributed by atoms with Crippen LogP contribution >= 0.6 is 0 Å². The van der Waals surface area contributed by atoms with E-state index in [1.54, 1.807) is 6.92 Å². The molecule has 0 aromatic heterocycles. The first-order chi connectivity index (χ1) is 7.93. The molecular formula is C14H27NO2. The van der Waals surface area contributed by atoms with Gasteiger partial charge in [0.2, 0.25) is 0 Å². The highest BCUT2D eigenvalue weighted by Crippen LogP contribution is 2.15. The lowest BCUT2D eigenvalue weighted by molar-refractivity contribution is -0.145. The molecule has 0 bridgehead atoms. The summed E-state index contributed by atoms with van der Waals surface area (Å²) in [5.41, 5.74) is 0.457. The molecule has 0 N–H and O–H groups in total. The topological polar surface area (TPSA) is 29.5 Å². The molecule has 0 aliphatic rings. The second kappa shape index (κ2) is 8.29. The molecule has 0 radical (unpaired) electrons. The largest absolute Gasteiger partial charge is 0.446 e. The Bertz CT molecular complexity index is 249. The van der Waals surface area contributed by atoms with Crippen LogP contribution in [-0.4, -0.2) is 30.2 Å². The van der Waals surface area contributed by atoms with Gasteiger partial charge in [-0.3, -0.25) is 4.90 Å². The average molecular weight is 241 g/mol. The lowest BCUT2D eigenvalue weighted by atomic mass is 10.0. The molecule has 1 atom stereocenters. The van der Waals surface area contributed by atoms with Crippen LogP contribution in [0.25, 0.3) is 0 Å². The molecule has 1 unspecified atom stereocenters. The number of nitrogens with zero attached hydrogens (tertiary/aromatic N) is 1. The predicted octanol–water partition coefficient (Wildman–Crippen LogP) is 3.21. The van der Waals surface area contributed by atoms with E-state index in [0.29, 0.717) is 24.3 Å². The van der Waals surface area contributed by atoms with Gasteiger partial charge in [-0.1, -0.05) is 34.3 Å². The number of hydrogen-bond acceptors (Lipinski definition) is 3. The number of carbonyl (C=O) groups excluding carboxylic acids is 1. The molecule has 0 fully saturated rings. The van der Waals surface area contributed by atoms with Gasteiger partial charge in [-0.25, -0.2) is 4.79 Å². The summed E-state index contributed by atoms with van der Waals surface area (Å²) < 4.78 is 5.24. The molecule has 0 aromatic carbocycles. The Labute approximate surface area is 106 Å². The Balaban J connectivity index is 4.41. The van der Waals surface area contributed by atoms with E-state index in [1.165, 1.54) is 0 Å². The van der Waals surface area contributed by atoms with Crippen molar-refractivity contribution in [1.82, 2.24) is 4.90 Å². The van der Waals surface area contributed by atoms with Crippen LogP contribution in [0, 0.1) is 5.92 Å². The fourth-order valence-corrected chi connectivity index (χ4v) is 2.03. The second-order valence-corrected chi connectivity index (χ2v) is 4.87. The van der Waals surface area contributed by atoms with Gasteiger partial charge in [0.05, 0.1) is 0 Å². The number of hydrogen-bond donors (Lipinski definition) is 0. The van der Waals surface area contributed by atoms with Crippen molar-refractivity contribution < 1.29 is 9.53 Å². The van der Waals surface area contributed by atoms with Crippen LogP contribution < -0.4 is 0 Å². The SMILES string of the molecule is C=C(C)C(=O)OCN(CCC)C(CC)C(C)C. The highest BCUT2D eigenvalue weighted by molar-refractivity contribution is 5.86. The number of ether oxygens (including phenoxy) is 1. The summed E-state index contributed by atoms with van der Waals surface area (Å²) in [5.74, 6) is 0.264. The summed E-state index contributed by atoms with van der Waals surface area (Å²) in [4.78, 5) is 13.6. The normalized spacial score (nSPS) is 12.9. The van der Waals surface area contributed by atoms with Crippen LogP contribution in [0.3, 0.4) is 0 Å². The van der Waals surface area contributed by atoms with Gasteiger partial charge < -0.3 is 4.74 Å². The van der Waals surface area contributed by atoms with E-state index in [2.05, 4.69) is 39.2 Å². The zero-order valence-electron chi connectivity index (χ0n) is 12.0. The third-order valence-electron chi connectivity index (χ3n) is 2.88. The van der Waals surface area contributed by atoms with E-state index >= 15 is 0 Å². The minimum absolute atomic E-state index is 0.301. The number of rotatable bonds is 8. The smallest absolute Gasteiger partial charge is 0.334 e. The summed E-state index contributed by atoms with van der Waals surface area (Å²) in [7, 11) is 0. The van der Waals surface area contributed by atoms with Crippen LogP contribution in [0.4, 0.5) is 0 Å². The molecule has 3 nitrogen and oxygen atoms in total. The molecule has 17 heavy (non-hydrogen) atoms. The van der Waals surface area contributed by atoms with E-state index < -0.39 is 0 Å². The Morgan fingerprint density at radius 3 is 2.29 bits per heavy atom. The zero-order valence-corrected chi connectivity index (χ0v) is 12.0. The summed E-state index contributed by atoms with van der Waals surface area (Å²) in [5, 5.41) is 0. The number of carbonyl (C=O) groups is 1. The van der Waals surface area contributed by atoms with Gasteiger partial charge in [0.15, 0.2) is 0 Å². The molecule has 0 saturated carbocycles. The van der Waals surface area contributed by atoms with E-state index in [9.17, 15) is 4.79 Å². The van der Waals surface area contributed by atoms with Gasteiger partial charge in [0, 0.05) is 18.2 Å². The fraction of sp³-hybridized carbons (Fsp3) is 0.786. The predicted molar refractivity (Wildman–Crippen MR) is 71.7 cm³/mol. The van der Waals surface area contributed by atoms with Crippen LogP contribution in [0.15, 0.2) is 12.2 Å². The monoisotopic (exact) mass is 241 g/mol. The lowest BCUT2D eigenvalue weighted by Crippen LogP contribution is -2.41. The van der Waals surface area contributed by atoms with Crippen molar-refractivity contribution in [1.29, 1.82) is 0 Å². The van der Waals surface area contributed by atoms with E-state index in [0.717, 1.165) is 19.4 Å². The van der Waals surface area contributed by atoms with Crippen molar-refractivity contribution in [2.75, 3.05) is 13.3 Å². The van der Waals surface area contributed by atoms with Gasteiger partial charge in [0.25, 0.3) is 0 Å². The molecule has 0 amide bonds. The zero-order chi connectivity index (χ0) is 13.4. The van der Waals surface area contributed by atoms with Crippen molar-refractivity contribution in [3.8, 4) is 0 Å². The summed E-state index contributed by atoms with van der Waals surface area (Å²) in [6.07, 6.45) is 2.14. The maximum atomic E-state index is 11.4. The van der Waals surface area contributed by atoms with Gasteiger partial charge in [-0.15, -0.1) is 0 Å². The minimum atomic E-state index is -0.301. The Hall–Kier alpha value is -0.830.